The molecule has 1 saturated heterocycles. The lowest BCUT2D eigenvalue weighted by Crippen LogP contribution is -2.57. The molecule has 2 saturated carbocycles. The Morgan fingerprint density at radius 1 is 1.02 bits per heavy atom. The number of aliphatic hydroxyl groups is 5. The molecule has 44 heavy (non-hydrogen) atoms. The van der Waals surface area contributed by atoms with E-state index in [4.69, 9.17) is 24.4 Å². The molecule has 5 N–H and O–H groups in total. The highest BCUT2D eigenvalue weighted by Crippen LogP contribution is 2.66. The van der Waals surface area contributed by atoms with Gasteiger partial charge in [-0.1, -0.05) is 30.2 Å². The summed E-state index contributed by atoms with van der Waals surface area (Å²) in [7, 11) is 2.00. The fourth-order valence-electron chi connectivity index (χ4n) is 9.28. The van der Waals surface area contributed by atoms with Gasteiger partial charge in [-0.05, 0) is 87.5 Å². The zero-order valence-corrected chi connectivity index (χ0v) is 26.8. The lowest BCUT2D eigenvalue weighted by Gasteiger charge is -2.58. The number of fused-ring (bicyclic) bond motifs is 5. The van der Waals surface area contributed by atoms with Gasteiger partial charge in [-0.3, -0.25) is 4.79 Å². The van der Waals surface area contributed by atoms with E-state index >= 15 is 0 Å². The molecule has 0 bridgehead atoms. The van der Waals surface area contributed by atoms with Crippen molar-refractivity contribution in [1.29, 1.82) is 0 Å². The van der Waals surface area contributed by atoms with Crippen molar-refractivity contribution in [3.05, 3.63) is 34.9 Å². The van der Waals surface area contributed by atoms with Gasteiger partial charge in [0.25, 0.3) is 0 Å². The molecule has 10 nitrogen and oxygen atoms in total. The topological polar surface area (TPSA) is 163 Å². The second kappa shape index (κ2) is 14.2. The molecule has 2 heterocycles. The fraction of sp³-hybridized carbons (Fsp3) is 0.765. The van der Waals surface area contributed by atoms with Gasteiger partial charge in [-0.25, -0.2) is 4.79 Å². The largest absolute Gasteiger partial charge is 0.459 e. The van der Waals surface area contributed by atoms with Crippen molar-refractivity contribution in [2.45, 2.75) is 103 Å². The molecular formula is C34H52O10. The molecule has 3 fully saturated rings. The van der Waals surface area contributed by atoms with Gasteiger partial charge in [0.1, 0.15) is 12.2 Å². The molecule has 4 aliphatic carbocycles. The second-order valence-electron chi connectivity index (χ2n) is 13.6. The smallest absolute Gasteiger partial charge is 0.336 e. The Morgan fingerprint density at radius 2 is 1.75 bits per heavy atom. The highest BCUT2D eigenvalue weighted by molar-refractivity contribution is 5.98. The van der Waals surface area contributed by atoms with Gasteiger partial charge >= 0.3 is 5.97 Å². The minimum Gasteiger partial charge on any atom is -0.459 e. The van der Waals surface area contributed by atoms with E-state index in [1.165, 1.54) is 5.57 Å². The summed E-state index contributed by atoms with van der Waals surface area (Å²) in [5.74, 6) is 0.884. The zero-order valence-electron chi connectivity index (χ0n) is 26.8. The van der Waals surface area contributed by atoms with Gasteiger partial charge in [-0.2, -0.15) is 0 Å². The SMILES string of the molecule is CC1=C(CO[C@@H]2OC[C@H](O)C[C@@H]2O)C(=O)OC(CC2CCC3C4CC=C5CC=CC(=O)[C@]5(C)C4C[C@@H](O)[C@]23C)C1.CO.CO. The third kappa shape index (κ3) is 6.11. The Bertz CT molecular complexity index is 1140. The van der Waals surface area contributed by atoms with E-state index in [1.54, 1.807) is 6.08 Å². The Balaban J connectivity index is 0.00000106. The van der Waals surface area contributed by atoms with E-state index in [1.807, 2.05) is 13.0 Å². The van der Waals surface area contributed by atoms with Gasteiger partial charge in [0, 0.05) is 27.1 Å². The minimum absolute atomic E-state index is 0.0115. The maximum atomic E-state index is 13.2. The van der Waals surface area contributed by atoms with Crippen LogP contribution in [0, 0.1) is 34.5 Å². The van der Waals surface area contributed by atoms with Crippen molar-refractivity contribution in [2.24, 2.45) is 34.5 Å². The van der Waals surface area contributed by atoms with Crippen molar-refractivity contribution in [1.82, 2.24) is 0 Å². The van der Waals surface area contributed by atoms with Gasteiger partial charge in [-0.15, -0.1) is 0 Å². The summed E-state index contributed by atoms with van der Waals surface area (Å²) >= 11 is 0. The van der Waals surface area contributed by atoms with E-state index in [-0.39, 0.29) is 48.8 Å². The predicted octanol–water partition coefficient (Wildman–Crippen LogP) is 2.61. The number of carbonyl (C=O) groups is 2. The average molecular weight is 621 g/mol. The first-order chi connectivity index (χ1) is 21.0. The maximum Gasteiger partial charge on any atom is 0.336 e. The summed E-state index contributed by atoms with van der Waals surface area (Å²) in [4.78, 5) is 26.2. The van der Waals surface area contributed by atoms with Gasteiger partial charge in [0.15, 0.2) is 12.1 Å². The molecule has 10 heteroatoms. The number of aliphatic hydroxyl groups excluding tert-OH is 5. The first-order valence-corrected chi connectivity index (χ1v) is 16.0. The third-order valence-corrected chi connectivity index (χ3v) is 11.7. The van der Waals surface area contributed by atoms with Crippen molar-refractivity contribution in [3.8, 4) is 0 Å². The summed E-state index contributed by atoms with van der Waals surface area (Å²) in [5, 5.41) is 45.4. The molecule has 0 aromatic heterocycles. The van der Waals surface area contributed by atoms with Crippen molar-refractivity contribution >= 4 is 11.8 Å². The van der Waals surface area contributed by atoms with Crippen LogP contribution in [0.5, 0.6) is 0 Å². The summed E-state index contributed by atoms with van der Waals surface area (Å²) in [5.41, 5.74) is 1.82. The highest BCUT2D eigenvalue weighted by Gasteiger charge is 2.63. The molecule has 6 aliphatic rings. The molecule has 0 amide bonds. The van der Waals surface area contributed by atoms with E-state index in [0.29, 0.717) is 36.7 Å². The Labute approximate surface area is 260 Å². The van der Waals surface area contributed by atoms with E-state index in [2.05, 4.69) is 19.9 Å². The number of carbonyl (C=O) groups excluding carboxylic acids is 2. The van der Waals surface area contributed by atoms with Crippen molar-refractivity contribution < 1.29 is 49.3 Å². The third-order valence-electron chi connectivity index (χ3n) is 11.7. The number of esters is 1. The minimum atomic E-state index is -0.948. The fourth-order valence-corrected chi connectivity index (χ4v) is 9.28. The van der Waals surface area contributed by atoms with Gasteiger partial charge < -0.3 is 39.7 Å². The lowest BCUT2D eigenvalue weighted by molar-refractivity contribution is -0.232. The second-order valence-corrected chi connectivity index (χ2v) is 13.6. The van der Waals surface area contributed by atoms with Crippen LogP contribution in [-0.2, 0) is 23.8 Å². The Kier molecular flexibility index (Phi) is 11.3. The van der Waals surface area contributed by atoms with Crippen LogP contribution in [0.2, 0.25) is 0 Å². The van der Waals surface area contributed by atoms with Crippen LogP contribution in [0.15, 0.2) is 34.9 Å². The lowest BCUT2D eigenvalue weighted by atomic mass is 9.47. The van der Waals surface area contributed by atoms with E-state index in [9.17, 15) is 24.9 Å². The molecule has 5 unspecified atom stereocenters. The van der Waals surface area contributed by atoms with Crippen LogP contribution in [0.1, 0.15) is 72.1 Å². The molecule has 0 radical (unpaired) electrons. The number of ketones is 1. The first-order valence-electron chi connectivity index (χ1n) is 16.0. The Hall–Kier alpha value is -1.92. The molecule has 0 aromatic rings. The van der Waals surface area contributed by atoms with E-state index in [0.717, 1.165) is 45.5 Å². The average Bonchev–Trinajstić information content (AvgIpc) is 3.34. The molecule has 248 valence electrons. The predicted molar refractivity (Wildman–Crippen MR) is 162 cm³/mol. The standard InChI is InChI=1S/C32H44O8.2CH4O/c1-17-11-21(40-29(37)23(17)16-39-30-26(34)13-20(33)15-38-30)12-19-8-10-24-22-9-7-18-5-4-6-27(35)31(18,2)25(22)14-28(36)32(19,24)3;2*1-2/h4,6-7,19-22,24-26,28,30,33-34,36H,5,8-16H2,1-3H3;2*2H,1H3/t19?,20-,21?,22?,24?,25?,26+,28-,30+,31+,32-;;/m1../s1. The number of rotatable bonds is 5. The molecule has 0 aromatic carbocycles. The summed E-state index contributed by atoms with van der Waals surface area (Å²) in [6.45, 7) is 6.34. The molecule has 2 aliphatic heterocycles. The summed E-state index contributed by atoms with van der Waals surface area (Å²) < 4.78 is 17.0. The highest BCUT2D eigenvalue weighted by atomic mass is 16.7. The molecule has 0 spiro atoms. The van der Waals surface area contributed by atoms with Crippen LogP contribution in [0.3, 0.4) is 0 Å². The molecule has 11 atom stereocenters. The normalized spacial score (nSPS) is 42.9. The van der Waals surface area contributed by atoms with Crippen LogP contribution >= 0.6 is 0 Å². The van der Waals surface area contributed by atoms with Crippen molar-refractivity contribution in [3.63, 3.8) is 0 Å². The number of cyclic esters (lactones) is 1. The first kappa shape index (κ1) is 34.9. The van der Waals surface area contributed by atoms with E-state index < -0.39 is 36.0 Å². The Morgan fingerprint density at radius 3 is 2.43 bits per heavy atom. The van der Waals surface area contributed by atoms with Crippen LogP contribution < -0.4 is 0 Å². The zero-order chi connectivity index (χ0) is 32.4. The van der Waals surface area contributed by atoms with Crippen molar-refractivity contribution in [2.75, 3.05) is 27.4 Å². The number of hydrogen-bond donors (Lipinski definition) is 5. The van der Waals surface area contributed by atoms with Gasteiger partial charge in [0.05, 0.1) is 36.4 Å². The molecule has 6 rings (SSSR count). The van der Waals surface area contributed by atoms with Gasteiger partial charge in [0.2, 0.25) is 0 Å². The van der Waals surface area contributed by atoms with Crippen LogP contribution in [0.4, 0.5) is 0 Å². The summed E-state index contributed by atoms with van der Waals surface area (Å²) in [6.07, 6.45) is 8.68. The number of allylic oxidation sites excluding steroid dienone is 4. The summed E-state index contributed by atoms with van der Waals surface area (Å²) in [6, 6.07) is 0. The monoisotopic (exact) mass is 620 g/mol. The number of ether oxygens (including phenoxy) is 3. The molecular weight excluding hydrogens is 568 g/mol. The quantitative estimate of drug-likeness (QED) is 0.228. The number of hydrogen-bond acceptors (Lipinski definition) is 10. The maximum absolute atomic E-state index is 13.2. The van der Waals surface area contributed by atoms with Crippen LogP contribution in [0.25, 0.3) is 0 Å². The van der Waals surface area contributed by atoms with Crippen LogP contribution in [-0.4, -0.2) is 95.4 Å².